The largest absolute Gasteiger partial charge is 0.494 e. The fourth-order valence-corrected chi connectivity index (χ4v) is 5.36. The number of aryl methyl sites for hydroxylation is 2. The predicted molar refractivity (Wildman–Crippen MR) is 144 cm³/mol. The molecule has 5 rings (SSSR count). The highest BCUT2D eigenvalue weighted by atomic mass is 35.5. The Morgan fingerprint density at radius 3 is 2.67 bits per heavy atom. The highest BCUT2D eigenvalue weighted by Gasteiger charge is 2.30. The molecule has 2 aliphatic heterocycles. The molecule has 1 fully saturated rings. The van der Waals surface area contributed by atoms with Gasteiger partial charge in [0.15, 0.2) is 0 Å². The fourth-order valence-electron chi connectivity index (χ4n) is 5.19. The zero-order valence-electron chi connectivity index (χ0n) is 20.9. The summed E-state index contributed by atoms with van der Waals surface area (Å²) < 4.78 is 11.4. The van der Waals surface area contributed by atoms with E-state index in [1.54, 1.807) is 11.0 Å². The number of piperazine rings is 1. The second kappa shape index (κ2) is 10.5. The van der Waals surface area contributed by atoms with Crippen molar-refractivity contribution in [2.45, 2.75) is 33.1 Å². The number of fused-ring (bicyclic) bond motifs is 3. The molecule has 0 bridgehead atoms. The lowest BCUT2D eigenvalue weighted by Crippen LogP contribution is -2.51. The van der Waals surface area contributed by atoms with Gasteiger partial charge in [-0.15, -0.1) is 0 Å². The minimum Gasteiger partial charge on any atom is -0.494 e. The van der Waals surface area contributed by atoms with Crippen molar-refractivity contribution in [3.8, 4) is 5.75 Å². The normalized spacial score (nSPS) is 16.3. The summed E-state index contributed by atoms with van der Waals surface area (Å²) in [5.41, 5.74) is 3.68. The first kappa shape index (κ1) is 24.7. The third kappa shape index (κ3) is 4.95. The molecule has 0 aliphatic carbocycles. The molecule has 7 nitrogen and oxygen atoms in total. The maximum absolute atomic E-state index is 13.4. The highest BCUT2D eigenvalue weighted by molar-refractivity contribution is 6.30. The number of carbonyl (C=O) groups excluding carboxylic acids is 1. The van der Waals surface area contributed by atoms with Crippen LogP contribution in [0.1, 0.15) is 30.9 Å². The molecule has 0 spiro atoms. The maximum Gasteiger partial charge on any atom is 0.360 e. The molecule has 3 heterocycles. The number of anilines is 2. The van der Waals surface area contributed by atoms with E-state index in [-0.39, 0.29) is 12.5 Å². The van der Waals surface area contributed by atoms with Crippen LogP contribution in [0.5, 0.6) is 5.75 Å². The molecule has 2 aliphatic rings. The number of halogens is 1. The van der Waals surface area contributed by atoms with E-state index in [1.165, 1.54) is 5.56 Å². The molecule has 3 aromatic rings. The maximum atomic E-state index is 13.4. The molecule has 0 saturated carbocycles. The van der Waals surface area contributed by atoms with Crippen LogP contribution < -0.4 is 20.2 Å². The molecule has 36 heavy (non-hydrogen) atoms. The van der Waals surface area contributed by atoms with E-state index in [4.69, 9.17) is 20.8 Å². The van der Waals surface area contributed by atoms with Gasteiger partial charge in [-0.3, -0.25) is 9.69 Å². The summed E-state index contributed by atoms with van der Waals surface area (Å²) in [4.78, 5) is 32.5. The molecule has 1 amide bonds. The molecular weight excluding hydrogens is 478 g/mol. The van der Waals surface area contributed by atoms with Gasteiger partial charge in [-0.25, -0.2) is 4.79 Å². The second-order valence-corrected chi connectivity index (χ2v) is 10.0. The van der Waals surface area contributed by atoms with Crippen LogP contribution in [-0.4, -0.2) is 56.7 Å². The van der Waals surface area contributed by atoms with E-state index < -0.39 is 5.63 Å². The first-order valence-corrected chi connectivity index (χ1v) is 13.1. The van der Waals surface area contributed by atoms with Crippen LogP contribution >= 0.6 is 11.6 Å². The lowest BCUT2D eigenvalue weighted by Gasteiger charge is -2.37. The van der Waals surface area contributed by atoms with Gasteiger partial charge in [0.25, 0.3) is 0 Å². The molecule has 2 aromatic carbocycles. The first-order chi connectivity index (χ1) is 17.4. The molecule has 0 atom stereocenters. The number of nitrogens with zero attached hydrogens (tertiary/aromatic N) is 3. The SMILES string of the molecule is CCCOc1ccc2oc(=O)c3c(c2c1)CCCN3C(=O)CN1CCN(c2cc(Cl)ccc2C)CC1. The third-order valence-electron chi connectivity index (χ3n) is 7.05. The van der Waals surface area contributed by atoms with Crippen molar-refractivity contribution in [2.75, 3.05) is 55.7 Å². The summed E-state index contributed by atoms with van der Waals surface area (Å²) in [6.07, 6.45) is 2.45. The monoisotopic (exact) mass is 509 g/mol. The minimum atomic E-state index is -0.450. The number of rotatable bonds is 6. The third-order valence-corrected chi connectivity index (χ3v) is 7.29. The minimum absolute atomic E-state index is 0.0617. The molecule has 0 unspecified atom stereocenters. The summed E-state index contributed by atoms with van der Waals surface area (Å²) >= 11 is 6.21. The van der Waals surface area contributed by atoms with Crippen molar-refractivity contribution < 1.29 is 13.9 Å². The smallest absolute Gasteiger partial charge is 0.360 e. The van der Waals surface area contributed by atoms with Crippen LogP contribution in [-0.2, 0) is 11.2 Å². The quantitative estimate of drug-likeness (QED) is 0.451. The second-order valence-electron chi connectivity index (χ2n) is 9.57. The van der Waals surface area contributed by atoms with E-state index in [9.17, 15) is 9.59 Å². The lowest BCUT2D eigenvalue weighted by molar-refractivity contribution is -0.119. The van der Waals surface area contributed by atoms with Crippen molar-refractivity contribution >= 4 is 39.9 Å². The van der Waals surface area contributed by atoms with Crippen molar-refractivity contribution in [3.05, 3.63) is 63.0 Å². The predicted octanol–water partition coefficient (Wildman–Crippen LogP) is 4.65. The molecule has 1 aromatic heterocycles. The van der Waals surface area contributed by atoms with Gasteiger partial charge in [-0.1, -0.05) is 24.6 Å². The van der Waals surface area contributed by atoms with Gasteiger partial charge in [-0.2, -0.15) is 0 Å². The van der Waals surface area contributed by atoms with Crippen LogP contribution in [0.4, 0.5) is 11.4 Å². The van der Waals surface area contributed by atoms with Gasteiger partial charge in [0.2, 0.25) is 5.91 Å². The average molecular weight is 510 g/mol. The number of hydrogen-bond acceptors (Lipinski definition) is 6. The number of hydrogen-bond donors (Lipinski definition) is 0. The van der Waals surface area contributed by atoms with Crippen LogP contribution in [0.25, 0.3) is 11.0 Å². The number of carbonyl (C=O) groups is 1. The van der Waals surface area contributed by atoms with E-state index in [0.717, 1.165) is 72.9 Å². The Labute approximate surface area is 216 Å². The Balaban J connectivity index is 1.32. The van der Waals surface area contributed by atoms with Crippen molar-refractivity contribution in [2.24, 2.45) is 0 Å². The van der Waals surface area contributed by atoms with E-state index in [2.05, 4.69) is 23.6 Å². The van der Waals surface area contributed by atoms with Crippen LogP contribution in [0.15, 0.2) is 45.6 Å². The highest BCUT2D eigenvalue weighted by Crippen LogP contribution is 2.33. The molecular formula is C28H32ClN3O4. The first-order valence-electron chi connectivity index (χ1n) is 12.7. The van der Waals surface area contributed by atoms with Gasteiger partial charge in [0.05, 0.1) is 13.2 Å². The Morgan fingerprint density at radius 1 is 1.08 bits per heavy atom. The molecule has 0 N–H and O–H groups in total. The molecule has 8 heteroatoms. The van der Waals surface area contributed by atoms with Gasteiger partial charge in [0.1, 0.15) is 17.0 Å². The van der Waals surface area contributed by atoms with Gasteiger partial charge in [-0.05, 0) is 67.6 Å². The van der Waals surface area contributed by atoms with Crippen LogP contribution in [0.2, 0.25) is 5.02 Å². The Bertz CT molecular complexity index is 1330. The van der Waals surface area contributed by atoms with Crippen molar-refractivity contribution in [1.29, 1.82) is 0 Å². The topological polar surface area (TPSA) is 66.2 Å². The Kier molecular flexibility index (Phi) is 7.21. The van der Waals surface area contributed by atoms with E-state index in [0.29, 0.717) is 24.4 Å². The summed E-state index contributed by atoms with van der Waals surface area (Å²) in [6, 6.07) is 11.5. The number of benzene rings is 2. The summed E-state index contributed by atoms with van der Waals surface area (Å²) in [5.74, 6) is 0.685. The number of amides is 1. The van der Waals surface area contributed by atoms with E-state index >= 15 is 0 Å². The van der Waals surface area contributed by atoms with Crippen molar-refractivity contribution in [1.82, 2.24) is 4.90 Å². The molecule has 1 saturated heterocycles. The summed E-state index contributed by atoms with van der Waals surface area (Å²) in [6.45, 7) is 8.74. The van der Waals surface area contributed by atoms with E-state index in [1.807, 2.05) is 30.3 Å². The Hall–Kier alpha value is -3.03. The average Bonchev–Trinajstić information content (AvgIpc) is 2.89. The zero-order valence-corrected chi connectivity index (χ0v) is 21.6. The summed E-state index contributed by atoms with van der Waals surface area (Å²) in [5, 5.41) is 1.58. The van der Waals surface area contributed by atoms with Gasteiger partial charge in [0, 0.05) is 48.8 Å². The number of ether oxygens (including phenoxy) is 1. The summed E-state index contributed by atoms with van der Waals surface area (Å²) in [7, 11) is 0. The lowest BCUT2D eigenvalue weighted by atomic mass is 9.98. The molecule has 0 radical (unpaired) electrons. The van der Waals surface area contributed by atoms with Crippen LogP contribution in [0, 0.1) is 6.92 Å². The van der Waals surface area contributed by atoms with Gasteiger partial charge < -0.3 is 19.0 Å². The standard InChI is InChI=1S/C28H32ClN3O4/c1-3-15-35-21-8-9-25-23(17-21)22-5-4-10-32(27(22)28(34)36-25)26(33)18-30-11-13-31(14-12-30)24-16-20(29)7-6-19(24)2/h6-9,16-17H,3-5,10-15,18H2,1-2H3. The Morgan fingerprint density at radius 2 is 1.89 bits per heavy atom. The van der Waals surface area contributed by atoms with Crippen LogP contribution in [0.3, 0.4) is 0 Å². The van der Waals surface area contributed by atoms with Crippen molar-refractivity contribution in [3.63, 3.8) is 0 Å². The zero-order chi connectivity index (χ0) is 25.2. The fraction of sp³-hybridized carbons (Fsp3) is 0.429. The van der Waals surface area contributed by atoms with Gasteiger partial charge >= 0.3 is 5.63 Å². The molecule has 190 valence electrons.